The molecule has 148 valence electrons. The number of imidazole rings is 1. The fourth-order valence-corrected chi connectivity index (χ4v) is 4.05. The van der Waals surface area contributed by atoms with Crippen molar-refractivity contribution in [1.82, 2.24) is 19.8 Å². The molecule has 1 aromatic carbocycles. The third kappa shape index (κ3) is 3.45. The molecule has 0 bridgehead atoms. The second kappa shape index (κ2) is 7.44. The molecule has 5 rings (SSSR count). The van der Waals surface area contributed by atoms with Crippen LogP contribution in [0.25, 0.3) is 0 Å². The van der Waals surface area contributed by atoms with Gasteiger partial charge in [0.25, 0.3) is 5.91 Å². The van der Waals surface area contributed by atoms with E-state index in [-0.39, 0.29) is 12.7 Å². The van der Waals surface area contributed by atoms with Gasteiger partial charge in [0.15, 0.2) is 11.5 Å². The van der Waals surface area contributed by atoms with Crippen LogP contribution in [-0.2, 0) is 24.2 Å². The number of benzene rings is 1. The molecule has 1 atom stereocenters. The predicted molar refractivity (Wildman–Crippen MR) is 100 cm³/mol. The summed E-state index contributed by atoms with van der Waals surface area (Å²) in [5.74, 6) is 2.29. The second-order valence-electron chi connectivity index (χ2n) is 7.41. The Morgan fingerprint density at radius 2 is 2.14 bits per heavy atom. The maximum absolute atomic E-state index is 12.6. The lowest BCUT2D eigenvalue weighted by atomic mass is 10.2. The molecule has 1 fully saturated rings. The van der Waals surface area contributed by atoms with Crippen molar-refractivity contribution >= 4 is 5.91 Å². The first-order chi connectivity index (χ1) is 13.8. The average molecular weight is 384 g/mol. The lowest BCUT2D eigenvalue weighted by molar-refractivity contribution is 0.0946. The average Bonchev–Trinajstić information content (AvgIpc) is 3.45. The van der Waals surface area contributed by atoms with Crippen LogP contribution in [0.1, 0.15) is 28.3 Å². The van der Waals surface area contributed by atoms with Crippen molar-refractivity contribution < 1.29 is 19.0 Å². The van der Waals surface area contributed by atoms with Crippen molar-refractivity contribution in [2.45, 2.75) is 32.0 Å². The molecule has 8 nitrogen and oxygen atoms in total. The molecule has 2 aromatic rings. The molecule has 1 aromatic heterocycles. The van der Waals surface area contributed by atoms with E-state index in [2.05, 4.69) is 19.8 Å². The summed E-state index contributed by atoms with van der Waals surface area (Å²) in [5, 5.41) is 2.95. The zero-order valence-corrected chi connectivity index (χ0v) is 15.7. The number of carbonyl (C=O) groups is 1. The van der Waals surface area contributed by atoms with Gasteiger partial charge < -0.3 is 24.1 Å². The molecule has 1 N–H and O–H groups in total. The topological polar surface area (TPSA) is 77.8 Å². The first kappa shape index (κ1) is 17.5. The number of hydrogen-bond acceptors (Lipinski definition) is 6. The number of amides is 1. The highest BCUT2D eigenvalue weighted by atomic mass is 16.7. The first-order valence-corrected chi connectivity index (χ1v) is 9.81. The molecular formula is C20H24N4O4. The van der Waals surface area contributed by atoms with Crippen LogP contribution in [0.4, 0.5) is 0 Å². The van der Waals surface area contributed by atoms with Crippen molar-refractivity contribution in [1.29, 1.82) is 0 Å². The van der Waals surface area contributed by atoms with Gasteiger partial charge in [0.05, 0.1) is 6.61 Å². The summed E-state index contributed by atoms with van der Waals surface area (Å²) >= 11 is 0. The number of nitrogens with zero attached hydrogens (tertiary/aromatic N) is 3. The number of hydrogen-bond donors (Lipinski definition) is 1. The van der Waals surface area contributed by atoms with Crippen molar-refractivity contribution in [2.75, 3.05) is 33.1 Å². The molecule has 8 heteroatoms. The predicted octanol–water partition coefficient (Wildman–Crippen LogP) is 1.19. The number of rotatable bonds is 4. The Hall–Kier alpha value is -2.58. The third-order valence-corrected chi connectivity index (χ3v) is 5.65. The Kier molecular flexibility index (Phi) is 4.66. The van der Waals surface area contributed by atoms with Crippen molar-refractivity contribution in [3.05, 3.63) is 41.5 Å². The Morgan fingerprint density at radius 1 is 1.21 bits per heavy atom. The van der Waals surface area contributed by atoms with Crippen LogP contribution >= 0.6 is 0 Å². The summed E-state index contributed by atoms with van der Waals surface area (Å²) in [7, 11) is 0. The van der Waals surface area contributed by atoms with Crippen molar-refractivity contribution in [3.63, 3.8) is 0 Å². The molecule has 4 heterocycles. The van der Waals surface area contributed by atoms with Crippen LogP contribution in [0.15, 0.2) is 24.4 Å². The normalized spacial score (nSPS) is 21.4. The maximum Gasteiger partial charge on any atom is 0.271 e. The molecule has 1 unspecified atom stereocenters. The number of fused-ring (bicyclic) bond motifs is 2. The van der Waals surface area contributed by atoms with E-state index < -0.39 is 0 Å². The lowest BCUT2D eigenvalue weighted by Crippen LogP contribution is -2.37. The number of ether oxygens (including phenoxy) is 3. The number of aromatic nitrogens is 2. The SMILES string of the molecule is O=C(NCc1ccc2c(c1)OCO2)c1cn2c(n1)CCN(C1CCOC1)CC2. The molecule has 1 amide bonds. The van der Waals surface area contributed by atoms with E-state index in [1.165, 1.54) is 0 Å². The van der Waals surface area contributed by atoms with Gasteiger partial charge in [0, 0.05) is 51.4 Å². The van der Waals surface area contributed by atoms with Gasteiger partial charge in [-0.15, -0.1) is 0 Å². The minimum atomic E-state index is -0.153. The van der Waals surface area contributed by atoms with E-state index in [0.717, 1.165) is 68.6 Å². The molecule has 28 heavy (non-hydrogen) atoms. The van der Waals surface area contributed by atoms with E-state index in [0.29, 0.717) is 18.3 Å². The molecular weight excluding hydrogens is 360 g/mol. The monoisotopic (exact) mass is 384 g/mol. The Bertz CT molecular complexity index is 850. The number of carbonyl (C=O) groups excluding carboxylic acids is 1. The molecule has 0 radical (unpaired) electrons. The summed E-state index contributed by atoms with van der Waals surface area (Å²) in [5.41, 5.74) is 1.45. The second-order valence-corrected chi connectivity index (χ2v) is 7.41. The van der Waals surface area contributed by atoms with E-state index >= 15 is 0 Å². The van der Waals surface area contributed by atoms with Gasteiger partial charge in [-0.05, 0) is 24.1 Å². The summed E-state index contributed by atoms with van der Waals surface area (Å²) in [6.07, 6.45) is 3.83. The van der Waals surface area contributed by atoms with Crippen molar-refractivity contribution in [2.24, 2.45) is 0 Å². The van der Waals surface area contributed by atoms with Crippen LogP contribution in [0.2, 0.25) is 0 Å². The van der Waals surface area contributed by atoms with Gasteiger partial charge in [-0.2, -0.15) is 0 Å². The fourth-order valence-electron chi connectivity index (χ4n) is 4.05. The highest BCUT2D eigenvalue weighted by molar-refractivity contribution is 5.92. The highest BCUT2D eigenvalue weighted by Gasteiger charge is 2.26. The smallest absolute Gasteiger partial charge is 0.271 e. The van der Waals surface area contributed by atoms with E-state index in [9.17, 15) is 4.79 Å². The zero-order valence-electron chi connectivity index (χ0n) is 15.7. The van der Waals surface area contributed by atoms with Crippen molar-refractivity contribution in [3.8, 4) is 11.5 Å². The van der Waals surface area contributed by atoms with Crippen LogP contribution in [0.3, 0.4) is 0 Å². The van der Waals surface area contributed by atoms with Gasteiger partial charge in [0.2, 0.25) is 6.79 Å². The molecule has 3 aliphatic rings. The van der Waals surface area contributed by atoms with Gasteiger partial charge >= 0.3 is 0 Å². The summed E-state index contributed by atoms with van der Waals surface area (Å²) in [6.45, 7) is 5.14. The van der Waals surface area contributed by atoms with E-state index in [1.807, 2.05) is 24.4 Å². The van der Waals surface area contributed by atoms with Gasteiger partial charge in [-0.3, -0.25) is 9.69 Å². The first-order valence-electron chi connectivity index (χ1n) is 9.81. The standard InChI is InChI=1S/C20H24N4O4/c25-20(21-10-14-1-2-17-18(9-14)28-13-27-17)16-11-24-7-6-23(5-3-19(24)22-16)15-4-8-26-12-15/h1-2,9,11,15H,3-8,10,12-13H2,(H,21,25). The minimum absolute atomic E-state index is 0.153. The molecule has 0 saturated carbocycles. The van der Waals surface area contributed by atoms with Crippen LogP contribution in [0.5, 0.6) is 11.5 Å². The molecule has 1 saturated heterocycles. The Balaban J connectivity index is 1.20. The quantitative estimate of drug-likeness (QED) is 0.853. The number of nitrogens with one attached hydrogen (secondary N) is 1. The zero-order chi connectivity index (χ0) is 18.9. The Labute approximate surface area is 163 Å². The van der Waals surface area contributed by atoms with Crippen LogP contribution in [0, 0.1) is 0 Å². The van der Waals surface area contributed by atoms with Crippen LogP contribution in [-0.4, -0.2) is 59.5 Å². The highest BCUT2D eigenvalue weighted by Crippen LogP contribution is 2.32. The summed E-state index contributed by atoms with van der Waals surface area (Å²) in [6, 6.07) is 6.21. The molecule has 0 aliphatic carbocycles. The molecule has 0 spiro atoms. The lowest BCUT2D eigenvalue weighted by Gasteiger charge is -2.25. The van der Waals surface area contributed by atoms with E-state index in [1.54, 1.807) is 0 Å². The fraction of sp³-hybridized carbons (Fsp3) is 0.500. The largest absolute Gasteiger partial charge is 0.454 e. The third-order valence-electron chi connectivity index (χ3n) is 5.65. The van der Waals surface area contributed by atoms with Gasteiger partial charge in [-0.1, -0.05) is 6.07 Å². The summed E-state index contributed by atoms with van der Waals surface area (Å²) < 4.78 is 18.3. The van der Waals surface area contributed by atoms with Crippen LogP contribution < -0.4 is 14.8 Å². The van der Waals surface area contributed by atoms with Gasteiger partial charge in [0.1, 0.15) is 11.5 Å². The Morgan fingerprint density at radius 3 is 3.04 bits per heavy atom. The molecule has 3 aliphatic heterocycles. The van der Waals surface area contributed by atoms with E-state index in [4.69, 9.17) is 14.2 Å². The summed E-state index contributed by atoms with van der Waals surface area (Å²) in [4.78, 5) is 19.6. The van der Waals surface area contributed by atoms with Gasteiger partial charge in [-0.25, -0.2) is 4.98 Å². The minimum Gasteiger partial charge on any atom is -0.454 e. The maximum atomic E-state index is 12.6.